The summed E-state index contributed by atoms with van der Waals surface area (Å²) in [5.74, 6) is -1.45. The van der Waals surface area contributed by atoms with Crippen molar-refractivity contribution < 1.29 is 18.0 Å². The van der Waals surface area contributed by atoms with Gasteiger partial charge in [0.05, 0.1) is 16.1 Å². The minimum Gasteiger partial charge on any atom is -0.318 e. The quantitative estimate of drug-likeness (QED) is 0.585. The van der Waals surface area contributed by atoms with Crippen LogP contribution in [0.2, 0.25) is 0 Å². The summed E-state index contributed by atoms with van der Waals surface area (Å²) in [4.78, 5) is 22.0. The lowest BCUT2D eigenvalue weighted by Gasteiger charge is -1.99. The lowest BCUT2D eigenvalue weighted by molar-refractivity contribution is -0.112. The summed E-state index contributed by atoms with van der Waals surface area (Å²) in [7, 11) is 1.26. The first kappa shape index (κ1) is 10.1. The van der Waals surface area contributed by atoms with Gasteiger partial charge in [0.1, 0.15) is 0 Å². The molecule has 0 saturated carbocycles. The highest BCUT2D eigenvalue weighted by molar-refractivity contribution is 8.13. The highest BCUT2D eigenvalue weighted by Crippen LogP contribution is 2.27. The molecule has 0 saturated heterocycles. The van der Waals surface area contributed by atoms with Crippen molar-refractivity contribution in [2.75, 3.05) is 5.32 Å². The van der Waals surface area contributed by atoms with Gasteiger partial charge in [-0.2, -0.15) is 0 Å². The summed E-state index contributed by atoms with van der Waals surface area (Å²) < 4.78 is 21.9. The molecule has 15 heavy (non-hydrogen) atoms. The lowest BCUT2D eigenvalue weighted by Crippen LogP contribution is -2.12. The van der Waals surface area contributed by atoms with Gasteiger partial charge in [-0.25, -0.2) is 8.42 Å². The molecule has 0 spiro atoms. The summed E-state index contributed by atoms with van der Waals surface area (Å²) in [5, 5.41) is 2.25. The molecule has 2 rings (SSSR count). The SMILES string of the molecule is O=C1Nc2cc(S(=O)(=O)Cl)ccc2C1=O. The van der Waals surface area contributed by atoms with Crippen molar-refractivity contribution in [3.05, 3.63) is 23.8 Å². The molecule has 0 atom stereocenters. The molecule has 0 radical (unpaired) electrons. The van der Waals surface area contributed by atoms with Gasteiger partial charge in [-0.15, -0.1) is 0 Å². The molecule has 1 aliphatic heterocycles. The van der Waals surface area contributed by atoms with E-state index in [4.69, 9.17) is 10.7 Å². The maximum atomic E-state index is 11.2. The molecule has 1 N–H and O–H groups in total. The minimum atomic E-state index is -3.85. The highest BCUT2D eigenvalue weighted by atomic mass is 35.7. The number of carbonyl (C=O) groups excluding carboxylic acids is 2. The third kappa shape index (κ3) is 1.62. The number of fused-ring (bicyclic) bond motifs is 1. The third-order valence-electron chi connectivity index (χ3n) is 1.97. The molecular weight excluding hydrogens is 242 g/mol. The number of amides is 1. The van der Waals surface area contributed by atoms with E-state index in [1.54, 1.807) is 0 Å². The number of anilines is 1. The summed E-state index contributed by atoms with van der Waals surface area (Å²) in [6.07, 6.45) is 0. The average Bonchev–Trinajstić information content (AvgIpc) is 2.41. The zero-order valence-electron chi connectivity index (χ0n) is 7.15. The molecule has 1 aliphatic rings. The Kier molecular flexibility index (Phi) is 2.06. The second-order valence-corrected chi connectivity index (χ2v) is 5.49. The van der Waals surface area contributed by atoms with E-state index in [0.717, 1.165) is 6.07 Å². The second kappa shape index (κ2) is 3.04. The Balaban J connectivity index is 2.61. The summed E-state index contributed by atoms with van der Waals surface area (Å²) >= 11 is 0. The zero-order valence-corrected chi connectivity index (χ0v) is 8.72. The molecular formula is C8H4ClNO4S. The van der Waals surface area contributed by atoms with Gasteiger partial charge in [0.2, 0.25) is 0 Å². The Labute approximate surface area is 89.5 Å². The number of ketones is 1. The monoisotopic (exact) mass is 245 g/mol. The maximum Gasteiger partial charge on any atom is 0.296 e. The molecule has 5 nitrogen and oxygen atoms in total. The maximum absolute atomic E-state index is 11.2. The zero-order chi connectivity index (χ0) is 11.2. The number of hydrogen-bond donors (Lipinski definition) is 1. The van der Waals surface area contributed by atoms with Gasteiger partial charge >= 0.3 is 0 Å². The van der Waals surface area contributed by atoms with E-state index in [-0.39, 0.29) is 16.1 Å². The Morgan fingerprint density at radius 2 is 1.87 bits per heavy atom. The molecule has 1 aromatic carbocycles. The van der Waals surface area contributed by atoms with Crippen LogP contribution in [0.4, 0.5) is 5.69 Å². The van der Waals surface area contributed by atoms with E-state index in [1.807, 2.05) is 0 Å². The van der Waals surface area contributed by atoms with Gasteiger partial charge in [0.25, 0.3) is 20.7 Å². The van der Waals surface area contributed by atoms with Crippen molar-refractivity contribution in [3.8, 4) is 0 Å². The Morgan fingerprint density at radius 3 is 2.47 bits per heavy atom. The van der Waals surface area contributed by atoms with Crippen LogP contribution >= 0.6 is 10.7 Å². The normalized spacial score (nSPS) is 15.0. The standard InChI is InChI=1S/C8H4ClNO4S/c9-15(13,14)4-1-2-5-6(3-4)10-8(12)7(5)11/h1-3H,(H,10,11,12). The molecule has 7 heteroatoms. The van der Waals surface area contributed by atoms with Gasteiger partial charge in [-0.1, -0.05) is 0 Å². The van der Waals surface area contributed by atoms with E-state index in [1.165, 1.54) is 12.1 Å². The van der Waals surface area contributed by atoms with E-state index in [9.17, 15) is 18.0 Å². The molecule has 0 aromatic heterocycles. The van der Waals surface area contributed by atoms with Crippen molar-refractivity contribution in [2.24, 2.45) is 0 Å². The number of hydrogen-bond acceptors (Lipinski definition) is 4. The fourth-order valence-corrected chi connectivity index (χ4v) is 2.05. The Hall–Kier alpha value is -1.40. The van der Waals surface area contributed by atoms with Crippen molar-refractivity contribution in [2.45, 2.75) is 4.90 Å². The molecule has 0 aliphatic carbocycles. The number of benzene rings is 1. The molecule has 1 aromatic rings. The van der Waals surface area contributed by atoms with Gasteiger partial charge in [-0.3, -0.25) is 9.59 Å². The fourth-order valence-electron chi connectivity index (χ4n) is 1.28. The number of nitrogens with one attached hydrogen (secondary N) is 1. The Bertz CT molecular complexity index is 578. The van der Waals surface area contributed by atoms with Gasteiger partial charge in [0.15, 0.2) is 0 Å². The minimum absolute atomic E-state index is 0.155. The molecule has 78 valence electrons. The van der Waals surface area contributed by atoms with Gasteiger partial charge < -0.3 is 5.32 Å². The predicted octanol–water partition coefficient (Wildman–Crippen LogP) is 0.749. The summed E-state index contributed by atoms with van der Waals surface area (Å²) in [6, 6.07) is 3.59. The smallest absolute Gasteiger partial charge is 0.296 e. The van der Waals surface area contributed by atoms with Crippen molar-refractivity contribution in [3.63, 3.8) is 0 Å². The first-order valence-corrected chi connectivity index (χ1v) is 6.15. The lowest BCUT2D eigenvalue weighted by atomic mass is 10.1. The molecule has 1 heterocycles. The van der Waals surface area contributed by atoms with Gasteiger partial charge in [-0.05, 0) is 18.2 Å². The predicted molar refractivity (Wildman–Crippen MR) is 52.4 cm³/mol. The molecule has 0 bridgehead atoms. The topological polar surface area (TPSA) is 80.3 Å². The number of Topliss-reactive ketones (excluding diaryl/α,β-unsaturated/α-hetero) is 1. The van der Waals surface area contributed by atoms with Crippen LogP contribution in [-0.2, 0) is 13.8 Å². The molecule has 0 unspecified atom stereocenters. The van der Waals surface area contributed by atoms with Crippen LogP contribution in [0.1, 0.15) is 10.4 Å². The van der Waals surface area contributed by atoms with E-state index in [0.29, 0.717) is 0 Å². The van der Waals surface area contributed by atoms with E-state index in [2.05, 4.69) is 5.32 Å². The van der Waals surface area contributed by atoms with Crippen LogP contribution in [0.25, 0.3) is 0 Å². The van der Waals surface area contributed by atoms with Crippen molar-refractivity contribution >= 4 is 37.1 Å². The second-order valence-electron chi connectivity index (χ2n) is 2.93. The van der Waals surface area contributed by atoms with Crippen LogP contribution in [0.3, 0.4) is 0 Å². The van der Waals surface area contributed by atoms with E-state index < -0.39 is 20.7 Å². The fraction of sp³-hybridized carbons (Fsp3) is 0. The number of rotatable bonds is 1. The van der Waals surface area contributed by atoms with E-state index >= 15 is 0 Å². The molecule has 1 amide bonds. The first-order chi connectivity index (χ1) is 6.89. The largest absolute Gasteiger partial charge is 0.318 e. The van der Waals surface area contributed by atoms with Crippen molar-refractivity contribution in [1.29, 1.82) is 0 Å². The van der Waals surface area contributed by atoms with Crippen LogP contribution in [0.15, 0.2) is 23.1 Å². The van der Waals surface area contributed by atoms with Crippen LogP contribution < -0.4 is 5.32 Å². The number of halogens is 1. The average molecular weight is 246 g/mol. The molecule has 0 fully saturated rings. The first-order valence-electron chi connectivity index (χ1n) is 3.84. The summed E-state index contributed by atoms with van der Waals surface area (Å²) in [6.45, 7) is 0. The highest BCUT2D eigenvalue weighted by Gasteiger charge is 2.28. The Morgan fingerprint density at radius 1 is 1.20 bits per heavy atom. The van der Waals surface area contributed by atoms with Crippen LogP contribution in [0.5, 0.6) is 0 Å². The van der Waals surface area contributed by atoms with Crippen LogP contribution in [-0.4, -0.2) is 20.1 Å². The number of carbonyl (C=O) groups is 2. The third-order valence-corrected chi connectivity index (χ3v) is 3.32. The van der Waals surface area contributed by atoms with Crippen LogP contribution in [0, 0.1) is 0 Å². The summed E-state index contributed by atoms with van der Waals surface area (Å²) in [5.41, 5.74) is 0.329. The van der Waals surface area contributed by atoms with Gasteiger partial charge in [0, 0.05) is 10.7 Å². The van der Waals surface area contributed by atoms with Crippen molar-refractivity contribution in [1.82, 2.24) is 0 Å².